The molecule has 0 aliphatic carbocycles. The van der Waals surface area contributed by atoms with Gasteiger partial charge in [0.1, 0.15) is 0 Å². The molecule has 10 heteroatoms. The molecule has 0 bridgehead atoms. The van der Waals surface area contributed by atoms with Crippen LogP contribution in [0, 0.1) is 0 Å². The Morgan fingerprint density at radius 3 is 2.68 bits per heavy atom. The van der Waals surface area contributed by atoms with Gasteiger partial charge in [-0.15, -0.1) is 0 Å². The molecule has 3 aromatic rings. The summed E-state index contributed by atoms with van der Waals surface area (Å²) < 4.78 is 12.4. The summed E-state index contributed by atoms with van der Waals surface area (Å²) in [6, 6.07) is 5.63. The van der Waals surface area contributed by atoms with E-state index in [4.69, 9.17) is 14.6 Å². The lowest BCUT2D eigenvalue weighted by atomic mass is 10.1. The normalized spacial score (nSPS) is 12.1. The van der Waals surface area contributed by atoms with Crippen molar-refractivity contribution in [2.45, 2.75) is 39.3 Å². The standard InChI is InChI=1S/C24H34N6O4/c1-4-11-34-12-10-30-20-13-19(18-6-7-21(33-3)27-14-18)15-28-22(20)29-23(24(30)32)26-9-5-8-25-17(2)16-31/h6-7,13-15,17,25,31H,4-5,8-12,16H2,1-3H3,(H,26,28,29)/t17-/m0/s1. The van der Waals surface area contributed by atoms with Crippen LogP contribution in [0.1, 0.15) is 26.7 Å². The minimum absolute atomic E-state index is 0.0402. The maximum absolute atomic E-state index is 13.3. The first-order valence-electron chi connectivity index (χ1n) is 11.6. The van der Waals surface area contributed by atoms with Gasteiger partial charge in [0.25, 0.3) is 5.56 Å². The van der Waals surface area contributed by atoms with Crippen molar-refractivity contribution in [3.63, 3.8) is 0 Å². The van der Waals surface area contributed by atoms with E-state index in [0.717, 1.165) is 30.5 Å². The highest BCUT2D eigenvalue weighted by molar-refractivity contribution is 5.78. The maximum atomic E-state index is 13.3. The highest BCUT2D eigenvalue weighted by Crippen LogP contribution is 2.23. The predicted molar refractivity (Wildman–Crippen MR) is 132 cm³/mol. The van der Waals surface area contributed by atoms with Gasteiger partial charge in [0.15, 0.2) is 11.5 Å². The molecule has 3 aromatic heterocycles. The van der Waals surface area contributed by atoms with Crippen molar-refractivity contribution in [2.24, 2.45) is 0 Å². The van der Waals surface area contributed by atoms with Crippen LogP contribution in [0.25, 0.3) is 22.3 Å². The molecule has 10 nitrogen and oxygen atoms in total. The zero-order valence-electron chi connectivity index (χ0n) is 20.1. The molecule has 0 aliphatic heterocycles. The number of hydrogen-bond donors (Lipinski definition) is 3. The van der Waals surface area contributed by atoms with Crippen LogP contribution >= 0.6 is 0 Å². The Labute approximate surface area is 199 Å². The summed E-state index contributed by atoms with van der Waals surface area (Å²) in [5.74, 6) is 0.797. The molecule has 3 N–H and O–H groups in total. The fourth-order valence-electron chi connectivity index (χ4n) is 3.40. The number of aliphatic hydroxyl groups is 1. The molecule has 0 radical (unpaired) electrons. The Morgan fingerprint density at radius 2 is 1.97 bits per heavy atom. The van der Waals surface area contributed by atoms with E-state index in [-0.39, 0.29) is 24.0 Å². The van der Waals surface area contributed by atoms with Gasteiger partial charge in [-0.1, -0.05) is 6.92 Å². The average Bonchev–Trinajstić information content (AvgIpc) is 2.87. The van der Waals surface area contributed by atoms with E-state index in [1.165, 1.54) is 0 Å². The largest absolute Gasteiger partial charge is 0.481 e. The van der Waals surface area contributed by atoms with Gasteiger partial charge in [-0.3, -0.25) is 9.36 Å². The Hall–Kier alpha value is -3.08. The van der Waals surface area contributed by atoms with Gasteiger partial charge < -0.3 is 25.2 Å². The zero-order chi connectivity index (χ0) is 24.3. The van der Waals surface area contributed by atoms with Crippen molar-refractivity contribution in [3.8, 4) is 17.0 Å². The van der Waals surface area contributed by atoms with E-state index in [1.54, 1.807) is 30.1 Å². The number of anilines is 1. The lowest BCUT2D eigenvalue weighted by molar-refractivity contribution is 0.127. The molecule has 0 saturated carbocycles. The first-order valence-corrected chi connectivity index (χ1v) is 11.6. The molecule has 184 valence electrons. The molecule has 0 spiro atoms. The third-order valence-electron chi connectivity index (χ3n) is 5.30. The van der Waals surface area contributed by atoms with Crippen molar-refractivity contribution < 1.29 is 14.6 Å². The molecule has 34 heavy (non-hydrogen) atoms. The van der Waals surface area contributed by atoms with Crippen LogP contribution in [0.3, 0.4) is 0 Å². The number of nitrogens with one attached hydrogen (secondary N) is 2. The van der Waals surface area contributed by atoms with E-state index < -0.39 is 0 Å². The van der Waals surface area contributed by atoms with E-state index in [1.807, 2.05) is 26.0 Å². The molecule has 0 fully saturated rings. The maximum Gasteiger partial charge on any atom is 0.293 e. The van der Waals surface area contributed by atoms with Crippen LogP contribution in [-0.2, 0) is 11.3 Å². The Kier molecular flexibility index (Phi) is 9.75. The van der Waals surface area contributed by atoms with Crippen molar-refractivity contribution >= 4 is 17.0 Å². The third kappa shape index (κ3) is 6.72. The van der Waals surface area contributed by atoms with Crippen LogP contribution in [0.4, 0.5) is 5.82 Å². The highest BCUT2D eigenvalue weighted by Gasteiger charge is 2.13. The molecule has 1 atom stereocenters. The van der Waals surface area contributed by atoms with E-state index >= 15 is 0 Å². The molecule has 3 rings (SSSR count). The van der Waals surface area contributed by atoms with Crippen molar-refractivity contribution in [1.82, 2.24) is 24.8 Å². The molecular formula is C24H34N6O4. The number of hydrogen-bond acceptors (Lipinski definition) is 9. The monoisotopic (exact) mass is 470 g/mol. The van der Waals surface area contributed by atoms with Gasteiger partial charge in [0.2, 0.25) is 5.88 Å². The molecule has 3 heterocycles. The van der Waals surface area contributed by atoms with Crippen LogP contribution < -0.4 is 20.9 Å². The molecule has 0 aliphatic rings. The van der Waals surface area contributed by atoms with E-state index in [0.29, 0.717) is 43.3 Å². The number of nitrogens with zero attached hydrogens (tertiary/aromatic N) is 4. The molecule has 0 aromatic carbocycles. The number of methoxy groups -OCH3 is 1. The minimum Gasteiger partial charge on any atom is -0.481 e. The summed E-state index contributed by atoms with van der Waals surface area (Å²) in [5.41, 5.74) is 2.61. The molecule has 0 unspecified atom stereocenters. The fourth-order valence-corrected chi connectivity index (χ4v) is 3.40. The topological polar surface area (TPSA) is 123 Å². The number of fused-ring (bicyclic) bond motifs is 1. The second-order valence-electron chi connectivity index (χ2n) is 8.00. The SMILES string of the molecule is CCCOCCn1c(=O)c(NCCCN[C@@H](C)CO)nc2ncc(-c3ccc(OC)nc3)cc21. The van der Waals surface area contributed by atoms with Crippen molar-refractivity contribution in [2.75, 3.05) is 45.3 Å². The summed E-state index contributed by atoms with van der Waals surface area (Å²) in [5, 5.41) is 15.5. The molecule has 0 amide bonds. The number of rotatable bonds is 14. The lowest BCUT2D eigenvalue weighted by Gasteiger charge is -2.14. The van der Waals surface area contributed by atoms with Gasteiger partial charge >= 0.3 is 0 Å². The molecular weight excluding hydrogens is 436 g/mol. The predicted octanol–water partition coefficient (Wildman–Crippen LogP) is 2.06. The fraction of sp³-hybridized carbons (Fsp3) is 0.500. The first kappa shape index (κ1) is 25.5. The molecule has 0 saturated heterocycles. The van der Waals surface area contributed by atoms with E-state index in [2.05, 4.69) is 25.6 Å². The lowest BCUT2D eigenvalue weighted by Crippen LogP contribution is -2.31. The van der Waals surface area contributed by atoms with Gasteiger partial charge in [-0.2, -0.15) is 0 Å². The summed E-state index contributed by atoms with van der Waals surface area (Å²) >= 11 is 0. The van der Waals surface area contributed by atoms with Crippen molar-refractivity contribution in [3.05, 3.63) is 40.9 Å². The second-order valence-corrected chi connectivity index (χ2v) is 8.00. The van der Waals surface area contributed by atoms with Crippen LogP contribution in [0.15, 0.2) is 35.4 Å². The van der Waals surface area contributed by atoms with Gasteiger partial charge in [-0.25, -0.2) is 15.0 Å². The van der Waals surface area contributed by atoms with Crippen LogP contribution in [0.5, 0.6) is 5.88 Å². The quantitative estimate of drug-likeness (QED) is 0.304. The number of ether oxygens (including phenoxy) is 2. The summed E-state index contributed by atoms with van der Waals surface area (Å²) in [4.78, 5) is 26.6. The second kappa shape index (κ2) is 13.0. The van der Waals surface area contributed by atoms with Crippen molar-refractivity contribution in [1.29, 1.82) is 0 Å². The zero-order valence-corrected chi connectivity index (χ0v) is 20.1. The Morgan fingerprint density at radius 1 is 1.15 bits per heavy atom. The third-order valence-corrected chi connectivity index (χ3v) is 5.30. The Balaban J connectivity index is 1.86. The highest BCUT2D eigenvalue weighted by atomic mass is 16.5. The van der Waals surface area contributed by atoms with Crippen LogP contribution in [-0.4, -0.2) is 70.7 Å². The first-order chi connectivity index (χ1) is 16.6. The smallest absolute Gasteiger partial charge is 0.293 e. The summed E-state index contributed by atoms with van der Waals surface area (Å²) in [7, 11) is 1.57. The number of aromatic nitrogens is 4. The van der Waals surface area contributed by atoms with Gasteiger partial charge in [-0.05, 0) is 38.4 Å². The number of pyridine rings is 2. The minimum atomic E-state index is -0.212. The average molecular weight is 471 g/mol. The summed E-state index contributed by atoms with van der Waals surface area (Å²) in [6.45, 7) is 6.80. The van der Waals surface area contributed by atoms with Crippen LogP contribution in [0.2, 0.25) is 0 Å². The van der Waals surface area contributed by atoms with Gasteiger partial charge in [0.05, 0.1) is 25.8 Å². The van der Waals surface area contributed by atoms with E-state index in [9.17, 15) is 4.79 Å². The van der Waals surface area contributed by atoms with Gasteiger partial charge in [0, 0.05) is 55.3 Å². The summed E-state index contributed by atoms with van der Waals surface area (Å²) in [6.07, 6.45) is 5.13. The number of aliphatic hydroxyl groups excluding tert-OH is 1. The Bertz CT molecular complexity index is 1100.